The first kappa shape index (κ1) is 16.4. The van der Waals surface area contributed by atoms with Gasteiger partial charge in [-0.25, -0.2) is 0 Å². The number of carbonyl (C=O) groups excluding carboxylic acids is 1. The van der Waals surface area contributed by atoms with Crippen LogP contribution in [-0.2, 0) is 4.79 Å². The second kappa shape index (κ2) is 9.32. The molecular formula is C15H31N3O. The SMILES string of the molecule is CCCCC(N)C(=O)NC1CCN(CCCC)CC1. The molecule has 1 saturated heterocycles. The van der Waals surface area contributed by atoms with E-state index in [4.69, 9.17) is 5.73 Å². The van der Waals surface area contributed by atoms with E-state index in [1.54, 1.807) is 0 Å². The second-order valence-electron chi connectivity index (χ2n) is 5.73. The molecule has 0 aliphatic carbocycles. The number of hydrogen-bond acceptors (Lipinski definition) is 3. The fourth-order valence-corrected chi connectivity index (χ4v) is 2.55. The average Bonchev–Trinajstić information content (AvgIpc) is 2.43. The lowest BCUT2D eigenvalue weighted by Gasteiger charge is -2.32. The van der Waals surface area contributed by atoms with Gasteiger partial charge in [-0.1, -0.05) is 33.1 Å². The number of piperidine rings is 1. The summed E-state index contributed by atoms with van der Waals surface area (Å²) >= 11 is 0. The van der Waals surface area contributed by atoms with Gasteiger partial charge in [0.05, 0.1) is 6.04 Å². The van der Waals surface area contributed by atoms with Gasteiger partial charge in [-0.2, -0.15) is 0 Å². The molecule has 1 unspecified atom stereocenters. The molecule has 0 aromatic carbocycles. The number of hydrogen-bond donors (Lipinski definition) is 2. The summed E-state index contributed by atoms with van der Waals surface area (Å²) in [6.45, 7) is 7.76. The fourth-order valence-electron chi connectivity index (χ4n) is 2.55. The van der Waals surface area contributed by atoms with E-state index in [1.807, 2.05) is 0 Å². The molecule has 0 aromatic heterocycles. The van der Waals surface area contributed by atoms with Crippen molar-refractivity contribution in [3.8, 4) is 0 Å². The summed E-state index contributed by atoms with van der Waals surface area (Å²) < 4.78 is 0. The van der Waals surface area contributed by atoms with Crippen molar-refractivity contribution in [3.05, 3.63) is 0 Å². The fraction of sp³-hybridized carbons (Fsp3) is 0.933. The number of nitrogens with zero attached hydrogens (tertiary/aromatic N) is 1. The average molecular weight is 269 g/mol. The number of nitrogens with one attached hydrogen (secondary N) is 1. The Morgan fingerprint density at radius 3 is 2.47 bits per heavy atom. The smallest absolute Gasteiger partial charge is 0.237 e. The van der Waals surface area contributed by atoms with Crippen LogP contribution in [0.25, 0.3) is 0 Å². The molecule has 19 heavy (non-hydrogen) atoms. The molecule has 4 heteroatoms. The number of carbonyl (C=O) groups is 1. The molecule has 0 aromatic rings. The number of amides is 1. The zero-order valence-electron chi connectivity index (χ0n) is 12.7. The molecule has 1 rings (SSSR count). The third-order valence-electron chi connectivity index (χ3n) is 3.97. The minimum absolute atomic E-state index is 0.0421. The van der Waals surface area contributed by atoms with Crippen molar-refractivity contribution >= 4 is 5.91 Å². The van der Waals surface area contributed by atoms with Gasteiger partial charge >= 0.3 is 0 Å². The summed E-state index contributed by atoms with van der Waals surface area (Å²) in [5.41, 5.74) is 5.89. The van der Waals surface area contributed by atoms with Gasteiger partial charge in [-0.3, -0.25) is 4.79 Å². The summed E-state index contributed by atoms with van der Waals surface area (Å²) in [5.74, 6) is 0.0421. The van der Waals surface area contributed by atoms with Crippen LogP contribution < -0.4 is 11.1 Å². The van der Waals surface area contributed by atoms with E-state index in [1.165, 1.54) is 19.4 Å². The summed E-state index contributed by atoms with van der Waals surface area (Å²) in [4.78, 5) is 14.4. The molecule has 1 amide bonds. The van der Waals surface area contributed by atoms with Gasteiger partial charge in [-0.05, 0) is 32.2 Å². The predicted octanol–water partition coefficient (Wildman–Crippen LogP) is 1.88. The molecule has 1 fully saturated rings. The van der Waals surface area contributed by atoms with Crippen LogP contribution in [0.2, 0.25) is 0 Å². The minimum Gasteiger partial charge on any atom is -0.352 e. The van der Waals surface area contributed by atoms with Crippen LogP contribution in [-0.4, -0.2) is 42.5 Å². The number of likely N-dealkylation sites (tertiary alicyclic amines) is 1. The van der Waals surface area contributed by atoms with E-state index in [9.17, 15) is 4.79 Å². The van der Waals surface area contributed by atoms with E-state index < -0.39 is 0 Å². The van der Waals surface area contributed by atoms with E-state index in [2.05, 4.69) is 24.1 Å². The third kappa shape index (κ3) is 6.39. The Bertz CT molecular complexity index is 250. The summed E-state index contributed by atoms with van der Waals surface area (Å²) in [6.07, 6.45) is 7.59. The highest BCUT2D eigenvalue weighted by molar-refractivity contribution is 5.81. The van der Waals surface area contributed by atoms with Crippen molar-refractivity contribution in [2.45, 2.75) is 70.9 Å². The van der Waals surface area contributed by atoms with Crippen LogP contribution >= 0.6 is 0 Å². The van der Waals surface area contributed by atoms with Crippen LogP contribution in [0.1, 0.15) is 58.8 Å². The summed E-state index contributed by atoms with van der Waals surface area (Å²) in [5, 5.41) is 3.11. The maximum Gasteiger partial charge on any atom is 0.237 e. The van der Waals surface area contributed by atoms with Crippen LogP contribution in [0.5, 0.6) is 0 Å². The molecular weight excluding hydrogens is 238 g/mol. The van der Waals surface area contributed by atoms with Crippen molar-refractivity contribution in [2.24, 2.45) is 5.73 Å². The van der Waals surface area contributed by atoms with Crippen molar-refractivity contribution < 1.29 is 4.79 Å². The molecule has 0 spiro atoms. The Morgan fingerprint density at radius 2 is 1.89 bits per heavy atom. The molecule has 0 bridgehead atoms. The van der Waals surface area contributed by atoms with E-state index >= 15 is 0 Å². The minimum atomic E-state index is -0.321. The standard InChI is InChI=1S/C15H31N3O/c1-3-5-7-14(16)15(19)17-13-8-11-18(12-9-13)10-6-4-2/h13-14H,3-12,16H2,1-2H3,(H,17,19). The van der Waals surface area contributed by atoms with Crippen LogP contribution in [0, 0.1) is 0 Å². The zero-order valence-corrected chi connectivity index (χ0v) is 12.7. The van der Waals surface area contributed by atoms with Crippen molar-refractivity contribution in [1.82, 2.24) is 10.2 Å². The highest BCUT2D eigenvalue weighted by Gasteiger charge is 2.22. The molecule has 3 N–H and O–H groups in total. The van der Waals surface area contributed by atoms with Gasteiger partial charge in [-0.15, -0.1) is 0 Å². The normalized spacial score (nSPS) is 19.3. The third-order valence-corrected chi connectivity index (χ3v) is 3.97. The van der Waals surface area contributed by atoms with Crippen molar-refractivity contribution in [3.63, 3.8) is 0 Å². The highest BCUT2D eigenvalue weighted by atomic mass is 16.2. The summed E-state index contributed by atoms with van der Waals surface area (Å²) in [7, 11) is 0. The Hall–Kier alpha value is -0.610. The van der Waals surface area contributed by atoms with Gasteiger partial charge in [0, 0.05) is 19.1 Å². The Labute approximate surface area is 118 Å². The molecule has 112 valence electrons. The van der Waals surface area contributed by atoms with E-state index in [-0.39, 0.29) is 11.9 Å². The first-order valence-electron chi connectivity index (χ1n) is 7.95. The lowest BCUT2D eigenvalue weighted by atomic mass is 10.0. The largest absolute Gasteiger partial charge is 0.352 e. The van der Waals surface area contributed by atoms with Crippen LogP contribution in [0.15, 0.2) is 0 Å². The molecule has 1 heterocycles. The van der Waals surface area contributed by atoms with Gasteiger partial charge < -0.3 is 16.0 Å². The van der Waals surface area contributed by atoms with Crippen molar-refractivity contribution in [1.29, 1.82) is 0 Å². The highest BCUT2D eigenvalue weighted by Crippen LogP contribution is 2.11. The second-order valence-corrected chi connectivity index (χ2v) is 5.73. The quantitative estimate of drug-likeness (QED) is 0.707. The number of nitrogens with two attached hydrogens (primary N) is 1. The molecule has 1 atom stereocenters. The lowest BCUT2D eigenvalue weighted by Crippen LogP contribution is -2.49. The van der Waals surface area contributed by atoms with Gasteiger partial charge in [0.1, 0.15) is 0 Å². The van der Waals surface area contributed by atoms with Crippen LogP contribution in [0.4, 0.5) is 0 Å². The predicted molar refractivity (Wildman–Crippen MR) is 80.0 cm³/mol. The number of rotatable bonds is 8. The summed E-state index contributed by atoms with van der Waals surface area (Å²) in [6, 6.07) is 0.0103. The Kier molecular flexibility index (Phi) is 8.07. The molecule has 1 aliphatic heterocycles. The lowest BCUT2D eigenvalue weighted by molar-refractivity contribution is -0.123. The van der Waals surface area contributed by atoms with Crippen LogP contribution in [0.3, 0.4) is 0 Å². The first-order valence-corrected chi connectivity index (χ1v) is 7.95. The number of unbranched alkanes of at least 4 members (excludes halogenated alkanes) is 2. The maximum atomic E-state index is 11.9. The zero-order chi connectivity index (χ0) is 14.1. The van der Waals surface area contributed by atoms with Crippen molar-refractivity contribution in [2.75, 3.05) is 19.6 Å². The monoisotopic (exact) mass is 269 g/mol. The van der Waals surface area contributed by atoms with Gasteiger partial charge in [0.25, 0.3) is 0 Å². The molecule has 1 aliphatic rings. The van der Waals surface area contributed by atoms with Gasteiger partial charge in [0.15, 0.2) is 0 Å². The first-order chi connectivity index (χ1) is 9.17. The molecule has 0 saturated carbocycles. The molecule has 4 nitrogen and oxygen atoms in total. The maximum absolute atomic E-state index is 11.9. The topological polar surface area (TPSA) is 58.4 Å². The van der Waals surface area contributed by atoms with E-state index in [0.29, 0.717) is 6.04 Å². The Morgan fingerprint density at radius 1 is 1.26 bits per heavy atom. The van der Waals surface area contributed by atoms with Gasteiger partial charge in [0.2, 0.25) is 5.91 Å². The molecule has 0 radical (unpaired) electrons. The Balaban J connectivity index is 2.19. The van der Waals surface area contributed by atoms with E-state index in [0.717, 1.165) is 45.2 Å².